The molecule has 0 aromatic rings. The lowest BCUT2D eigenvalue weighted by Gasteiger charge is -2.66. The van der Waals surface area contributed by atoms with E-state index in [-0.39, 0.29) is 22.3 Å². The number of nitrogens with two attached hydrogens (primary N) is 1. The molecule has 132 valence electrons. The smallest absolute Gasteiger partial charge is 0.331 e. The SMILES string of the molecule is CN=C(N)N[C@H]1CC[C@]2(C)CC[C@@H]3CC4=C(C(=O)O)CC[C@@]42[C@@]31C. The molecule has 0 radical (unpaired) electrons. The van der Waals surface area contributed by atoms with Gasteiger partial charge in [0.25, 0.3) is 0 Å². The molecule has 0 unspecified atom stereocenters. The summed E-state index contributed by atoms with van der Waals surface area (Å²) in [6.45, 7) is 4.83. The van der Waals surface area contributed by atoms with Gasteiger partial charge in [-0.05, 0) is 56.3 Å². The van der Waals surface area contributed by atoms with Crippen LogP contribution < -0.4 is 11.1 Å². The first-order chi connectivity index (χ1) is 11.3. The summed E-state index contributed by atoms with van der Waals surface area (Å²) >= 11 is 0. The molecule has 1 spiro atoms. The number of hydrogen-bond donors (Lipinski definition) is 3. The summed E-state index contributed by atoms with van der Waals surface area (Å²) in [6.07, 6.45) is 7.36. The van der Waals surface area contributed by atoms with Crippen molar-refractivity contribution in [1.82, 2.24) is 5.32 Å². The van der Waals surface area contributed by atoms with E-state index in [0.29, 0.717) is 11.9 Å². The largest absolute Gasteiger partial charge is 0.478 e. The maximum Gasteiger partial charge on any atom is 0.331 e. The Hall–Kier alpha value is -1.52. The highest BCUT2D eigenvalue weighted by molar-refractivity contribution is 5.89. The molecule has 4 aliphatic carbocycles. The van der Waals surface area contributed by atoms with E-state index in [1.54, 1.807) is 7.05 Å². The summed E-state index contributed by atoms with van der Waals surface area (Å²) in [6, 6.07) is 0.283. The first-order valence-electron chi connectivity index (χ1n) is 9.25. The number of hydrogen-bond acceptors (Lipinski definition) is 2. The van der Waals surface area contributed by atoms with E-state index < -0.39 is 5.97 Å². The van der Waals surface area contributed by atoms with E-state index in [2.05, 4.69) is 24.2 Å². The highest BCUT2D eigenvalue weighted by atomic mass is 16.4. The Labute approximate surface area is 143 Å². The highest BCUT2D eigenvalue weighted by Gasteiger charge is 2.74. The molecule has 3 fully saturated rings. The number of carbonyl (C=O) groups is 1. The van der Waals surface area contributed by atoms with Crippen molar-refractivity contribution in [3.8, 4) is 0 Å². The van der Waals surface area contributed by atoms with Gasteiger partial charge in [0.2, 0.25) is 0 Å². The summed E-state index contributed by atoms with van der Waals surface area (Å²) in [5, 5.41) is 13.2. The number of carboxylic acids is 1. The van der Waals surface area contributed by atoms with Gasteiger partial charge in [-0.1, -0.05) is 19.4 Å². The molecule has 0 saturated heterocycles. The average molecular weight is 331 g/mol. The fourth-order valence-electron chi connectivity index (χ4n) is 7.38. The second-order valence-electron chi connectivity index (χ2n) is 8.80. The molecular weight excluding hydrogens is 302 g/mol. The van der Waals surface area contributed by atoms with Crippen LogP contribution in [0.1, 0.15) is 58.8 Å². The van der Waals surface area contributed by atoms with Crippen LogP contribution in [0, 0.1) is 22.2 Å². The molecule has 3 saturated carbocycles. The summed E-state index contributed by atoms with van der Waals surface area (Å²) in [5.41, 5.74) is 8.33. The van der Waals surface area contributed by atoms with E-state index in [1.165, 1.54) is 18.4 Å². The predicted octanol–water partition coefficient (Wildman–Crippen LogP) is 2.67. The van der Waals surface area contributed by atoms with Crippen molar-refractivity contribution >= 4 is 11.9 Å². The quantitative estimate of drug-likeness (QED) is 0.536. The minimum absolute atomic E-state index is 0.0284. The number of rotatable bonds is 2. The summed E-state index contributed by atoms with van der Waals surface area (Å²) in [4.78, 5) is 16.0. The zero-order chi connectivity index (χ0) is 17.3. The Kier molecular flexibility index (Phi) is 3.17. The molecule has 5 nitrogen and oxygen atoms in total. The van der Waals surface area contributed by atoms with Gasteiger partial charge in [0.05, 0.1) is 0 Å². The first kappa shape index (κ1) is 16.0. The van der Waals surface area contributed by atoms with Gasteiger partial charge >= 0.3 is 5.97 Å². The van der Waals surface area contributed by atoms with Crippen molar-refractivity contribution in [2.45, 2.75) is 64.8 Å². The molecular formula is C19H29N3O2. The molecule has 0 heterocycles. The third kappa shape index (κ3) is 1.56. The van der Waals surface area contributed by atoms with Crippen molar-refractivity contribution in [2.24, 2.45) is 32.9 Å². The van der Waals surface area contributed by atoms with Gasteiger partial charge in [-0.15, -0.1) is 0 Å². The minimum Gasteiger partial charge on any atom is -0.478 e. The second-order valence-corrected chi connectivity index (χ2v) is 8.80. The Bertz CT molecular complexity index is 670. The number of aliphatic imine (C=N–C) groups is 1. The molecule has 5 atom stereocenters. The van der Waals surface area contributed by atoms with E-state index in [9.17, 15) is 9.90 Å². The topological polar surface area (TPSA) is 87.7 Å². The molecule has 4 aliphatic rings. The molecule has 24 heavy (non-hydrogen) atoms. The Morgan fingerprint density at radius 3 is 2.67 bits per heavy atom. The summed E-state index contributed by atoms with van der Waals surface area (Å²) in [5.74, 6) is 0.365. The van der Waals surface area contributed by atoms with Gasteiger partial charge in [-0.25, -0.2) is 4.79 Å². The standard InChI is InChI=1S/C19H29N3O2/c1-17-7-4-11-10-13-12(15(23)24)5-9-19(13,17)18(11,2)14(6-8-17)22-16(20)21-3/h11,14H,4-10H2,1-3H3,(H,23,24)(H3,20,21,22)/t11-,14+,17+,18+,19-/m1/s1. The van der Waals surface area contributed by atoms with Gasteiger partial charge in [0, 0.05) is 29.5 Å². The van der Waals surface area contributed by atoms with E-state index in [4.69, 9.17) is 5.73 Å². The van der Waals surface area contributed by atoms with Gasteiger partial charge in [-0.3, -0.25) is 4.99 Å². The number of nitrogens with zero attached hydrogens (tertiary/aromatic N) is 1. The van der Waals surface area contributed by atoms with Crippen molar-refractivity contribution in [3.05, 3.63) is 11.1 Å². The Morgan fingerprint density at radius 1 is 1.29 bits per heavy atom. The van der Waals surface area contributed by atoms with Gasteiger partial charge in [-0.2, -0.15) is 0 Å². The van der Waals surface area contributed by atoms with Crippen LogP contribution in [0.25, 0.3) is 0 Å². The average Bonchev–Trinajstić information content (AvgIpc) is 2.99. The minimum atomic E-state index is -0.696. The van der Waals surface area contributed by atoms with Gasteiger partial charge in [0.1, 0.15) is 0 Å². The molecule has 5 heteroatoms. The van der Waals surface area contributed by atoms with E-state index >= 15 is 0 Å². The van der Waals surface area contributed by atoms with E-state index in [1.807, 2.05) is 0 Å². The number of guanidine groups is 1. The van der Waals surface area contributed by atoms with Crippen LogP contribution in [-0.4, -0.2) is 30.1 Å². The van der Waals surface area contributed by atoms with Crippen molar-refractivity contribution in [1.29, 1.82) is 0 Å². The third-order valence-electron chi connectivity index (χ3n) is 8.45. The fraction of sp³-hybridized carbons (Fsp3) is 0.789. The molecule has 0 amide bonds. The number of nitrogens with one attached hydrogen (secondary N) is 1. The number of allylic oxidation sites excluding steroid dienone is 1. The monoisotopic (exact) mass is 331 g/mol. The molecule has 0 aromatic carbocycles. The summed E-state index contributed by atoms with van der Waals surface area (Å²) < 4.78 is 0. The van der Waals surface area contributed by atoms with Crippen LogP contribution >= 0.6 is 0 Å². The highest BCUT2D eigenvalue weighted by Crippen LogP contribution is 2.80. The van der Waals surface area contributed by atoms with Crippen molar-refractivity contribution in [3.63, 3.8) is 0 Å². The summed E-state index contributed by atoms with van der Waals surface area (Å²) in [7, 11) is 1.72. The first-order valence-corrected chi connectivity index (χ1v) is 9.25. The van der Waals surface area contributed by atoms with Crippen LogP contribution in [0.5, 0.6) is 0 Å². The molecule has 4 bridgehead atoms. The Morgan fingerprint density at radius 2 is 2.00 bits per heavy atom. The molecule has 4 N–H and O–H groups in total. The second kappa shape index (κ2) is 4.77. The lowest BCUT2D eigenvalue weighted by molar-refractivity contribution is -0.143. The lowest BCUT2D eigenvalue weighted by atomic mass is 9.39. The van der Waals surface area contributed by atoms with Crippen LogP contribution in [-0.2, 0) is 4.79 Å². The van der Waals surface area contributed by atoms with Gasteiger partial charge < -0.3 is 16.2 Å². The zero-order valence-electron chi connectivity index (χ0n) is 15.0. The molecule has 0 aliphatic heterocycles. The maximum atomic E-state index is 11.9. The van der Waals surface area contributed by atoms with Crippen LogP contribution in [0.3, 0.4) is 0 Å². The number of carboxylic acid groups (broad SMARTS) is 1. The lowest BCUT2D eigenvalue weighted by Crippen LogP contribution is -2.66. The van der Waals surface area contributed by atoms with Crippen molar-refractivity contribution < 1.29 is 9.90 Å². The Balaban J connectivity index is 1.89. The normalized spacial score (nSPS) is 46.9. The van der Waals surface area contributed by atoms with Crippen LogP contribution in [0.15, 0.2) is 16.1 Å². The van der Waals surface area contributed by atoms with Crippen LogP contribution in [0.4, 0.5) is 0 Å². The maximum absolute atomic E-state index is 11.9. The third-order valence-corrected chi connectivity index (χ3v) is 8.45. The zero-order valence-corrected chi connectivity index (χ0v) is 15.0. The number of aliphatic carboxylic acids is 1. The van der Waals surface area contributed by atoms with Crippen molar-refractivity contribution in [2.75, 3.05) is 7.05 Å². The fourth-order valence-corrected chi connectivity index (χ4v) is 7.38. The predicted molar refractivity (Wildman–Crippen MR) is 93.6 cm³/mol. The van der Waals surface area contributed by atoms with Crippen LogP contribution in [0.2, 0.25) is 0 Å². The van der Waals surface area contributed by atoms with E-state index in [0.717, 1.165) is 37.7 Å². The van der Waals surface area contributed by atoms with Gasteiger partial charge in [0.15, 0.2) is 5.96 Å². The molecule has 4 rings (SSSR count). The molecule has 0 aromatic heterocycles.